The first-order chi connectivity index (χ1) is 11.6. The predicted octanol–water partition coefficient (Wildman–Crippen LogP) is 0.821. The minimum absolute atomic E-state index is 0.0114. The monoisotopic (exact) mass is 409 g/mol. The van der Waals surface area contributed by atoms with Gasteiger partial charge in [-0.2, -0.15) is 0 Å². The smallest absolute Gasteiger partial charge is 0.282 e. The number of piperazine rings is 1. The van der Waals surface area contributed by atoms with Gasteiger partial charge in [0.25, 0.3) is 5.91 Å². The van der Waals surface area contributed by atoms with Crippen LogP contribution in [0.2, 0.25) is 0 Å². The maximum atomic E-state index is 12.4. The number of amides is 1. The number of thiophene rings is 1. The summed E-state index contributed by atoms with van der Waals surface area (Å²) in [6.45, 7) is 7.46. The Labute approximate surface area is 155 Å². The van der Waals surface area contributed by atoms with Crippen LogP contribution in [0.4, 0.5) is 5.69 Å². The number of rotatable bonds is 5. The van der Waals surface area contributed by atoms with Crippen LogP contribution in [-0.4, -0.2) is 38.1 Å². The average molecular weight is 410 g/mol. The molecule has 1 aliphatic heterocycles. The Balaban J connectivity index is 1.47. The van der Waals surface area contributed by atoms with Gasteiger partial charge in [0.15, 0.2) is 6.04 Å². The van der Waals surface area contributed by atoms with E-state index in [1.165, 1.54) is 13.6 Å². The van der Waals surface area contributed by atoms with Gasteiger partial charge in [0.05, 0.1) is 8.66 Å². The van der Waals surface area contributed by atoms with Gasteiger partial charge in [0.2, 0.25) is 0 Å². The summed E-state index contributed by atoms with van der Waals surface area (Å²) in [6.07, 6.45) is 0. The molecule has 1 fully saturated rings. The van der Waals surface area contributed by atoms with Crippen molar-refractivity contribution in [2.24, 2.45) is 0 Å². The fourth-order valence-electron chi connectivity index (χ4n) is 3.19. The third kappa shape index (κ3) is 4.66. The summed E-state index contributed by atoms with van der Waals surface area (Å²) in [5.41, 5.74) is 0.876. The number of benzene rings is 1. The molecule has 2 heterocycles. The summed E-state index contributed by atoms with van der Waals surface area (Å²) in [6, 6.07) is 14.0. The van der Waals surface area contributed by atoms with Crippen molar-refractivity contribution in [3.63, 3.8) is 0 Å². The third-order valence-corrected chi connectivity index (χ3v) is 6.32. The van der Waals surface area contributed by atoms with Gasteiger partial charge in [-0.1, -0.05) is 18.2 Å². The molecule has 0 aliphatic carbocycles. The number of nitrogens with one attached hydrogen (secondary N) is 3. The zero-order valence-electron chi connectivity index (χ0n) is 13.8. The van der Waals surface area contributed by atoms with Crippen molar-refractivity contribution in [1.82, 2.24) is 0 Å². The normalized spacial score (nSPS) is 22.1. The van der Waals surface area contributed by atoms with Gasteiger partial charge in [-0.3, -0.25) is 4.79 Å². The highest BCUT2D eigenvalue weighted by Gasteiger charge is 2.31. The first-order valence-electron chi connectivity index (χ1n) is 8.40. The van der Waals surface area contributed by atoms with E-state index in [4.69, 9.17) is 0 Å². The maximum absolute atomic E-state index is 12.4. The van der Waals surface area contributed by atoms with Crippen LogP contribution in [0.5, 0.6) is 0 Å². The van der Waals surface area contributed by atoms with Crippen LogP contribution in [0, 0.1) is 0 Å². The molecular weight excluding hydrogens is 386 g/mol. The second kappa shape index (κ2) is 8.25. The predicted molar refractivity (Wildman–Crippen MR) is 102 cm³/mol. The van der Waals surface area contributed by atoms with Gasteiger partial charge in [0.1, 0.15) is 32.7 Å². The van der Waals surface area contributed by atoms with E-state index in [0.29, 0.717) is 0 Å². The van der Waals surface area contributed by atoms with E-state index in [9.17, 15) is 4.79 Å². The van der Waals surface area contributed by atoms with E-state index < -0.39 is 0 Å². The van der Waals surface area contributed by atoms with Crippen molar-refractivity contribution in [2.45, 2.75) is 19.5 Å². The van der Waals surface area contributed by atoms with Gasteiger partial charge >= 0.3 is 0 Å². The Kier molecular flexibility index (Phi) is 6.05. The Bertz CT molecular complexity index is 668. The van der Waals surface area contributed by atoms with Crippen LogP contribution in [-0.2, 0) is 11.3 Å². The van der Waals surface area contributed by atoms with Crippen LogP contribution >= 0.6 is 27.3 Å². The molecule has 1 aromatic heterocycles. The molecule has 3 N–H and O–H groups in total. The lowest BCUT2D eigenvalue weighted by Gasteiger charge is -2.32. The van der Waals surface area contributed by atoms with Crippen molar-refractivity contribution >= 4 is 38.9 Å². The van der Waals surface area contributed by atoms with E-state index in [-0.39, 0.29) is 11.9 Å². The van der Waals surface area contributed by atoms with Gasteiger partial charge in [0, 0.05) is 5.69 Å². The van der Waals surface area contributed by atoms with Crippen LogP contribution in [0.1, 0.15) is 11.8 Å². The number of carbonyl (C=O) groups excluding carboxylic acids is 1. The summed E-state index contributed by atoms with van der Waals surface area (Å²) in [5.74, 6) is 0.113. The van der Waals surface area contributed by atoms with Crippen LogP contribution in [0.15, 0.2) is 46.3 Å². The number of hydrogen-bond donors (Lipinski definition) is 3. The number of halogens is 1. The number of hydrogen-bond acceptors (Lipinski definition) is 2. The molecule has 1 aliphatic rings. The molecule has 1 atom stereocenters. The second-order valence-corrected chi connectivity index (χ2v) is 8.92. The number of anilines is 1. The van der Waals surface area contributed by atoms with Crippen molar-refractivity contribution in [1.29, 1.82) is 0 Å². The number of para-hydroxylation sites is 1. The Hall–Kier alpha value is -1.21. The van der Waals surface area contributed by atoms with Crippen LogP contribution in [0.3, 0.4) is 0 Å². The molecule has 1 saturated heterocycles. The zero-order valence-corrected chi connectivity index (χ0v) is 16.3. The van der Waals surface area contributed by atoms with E-state index >= 15 is 0 Å². The topological polar surface area (TPSA) is 38.0 Å². The summed E-state index contributed by atoms with van der Waals surface area (Å²) in [7, 11) is 0. The Morgan fingerprint density at radius 3 is 2.50 bits per heavy atom. The SMILES string of the molecule is C[C@@H](C(=O)Nc1ccccc1)[NH+]1CC[NH+](Cc2ccc(Br)s2)CC1. The summed E-state index contributed by atoms with van der Waals surface area (Å²) < 4.78 is 1.20. The van der Waals surface area contributed by atoms with Gasteiger partial charge in [-0.05, 0) is 47.1 Å². The molecule has 0 bridgehead atoms. The van der Waals surface area contributed by atoms with E-state index in [1.54, 1.807) is 4.90 Å². The fourth-order valence-corrected chi connectivity index (χ4v) is 4.74. The van der Waals surface area contributed by atoms with Crippen LogP contribution < -0.4 is 15.1 Å². The minimum atomic E-state index is -0.0114. The first-order valence-corrected chi connectivity index (χ1v) is 10.0. The van der Waals surface area contributed by atoms with Gasteiger partial charge in [-0.25, -0.2) is 0 Å². The molecule has 0 radical (unpaired) electrons. The second-order valence-electron chi connectivity index (χ2n) is 6.37. The number of quaternary nitrogens is 2. The molecule has 2 aromatic rings. The summed E-state index contributed by atoms with van der Waals surface area (Å²) in [5, 5.41) is 3.02. The molecule has 0 saturated carbocycles. The molecule has 128 valence electrons. The summed E-state index contributed by atoms with van der Waals surface area (Å²) >= 11 is 5.35. The lowest BCUT2D eigenvalue weighted by molar-refractivity contribution is -1.02. The summed E-state index contributed by atoms with van der Waals surface area (Å²) in [4.78, 5) is 16.9. The number of carbonyl (C=O) groups is 1. The third-order valence-electron chi connectivity index (χ3n) is 4.70. The van der Waals surface area contributed by atoms with Crippen molar-refractivity contribution in [2.75, 3.05) is 31.5 Å². The average Bonchev–Trinajstić information content (AvgIpc) is 3.00. The van der Waals surface area contributed by atoms with Crippen molar-refractivity contribution in [3.8, 4) is 0 Å². The lowest BCUT2D eigenvalue weighted by Crippen LogP contribution is -3.29. The largest absolute Gasteiger partial charge is 0.321 e. The Morgan fingerprint density at radius 1 is 1.17 bits per heavy atom. The van der Waals surface area contributed by atoms with E-state index in [0.717, 1.165) is 38.4 Å². The van der Waals surface area contributed by atoms with Crippen molar-refractivity contribution < 1.29 is 14.6 Å². The molecule has 0 spiro atoms. The molecule has 1 amide bonds. The molecule has 3 rings (SSSR count). The highest BCUT2D eigenvalue weighted by molar-refractivity contribution is 9.11. The van der Waals surface area contributed by atoms with E-state index in [2.05, 4.69) is 33.4 Å². The first kappa shape index (κ1) is 17.6. The molecular formula is C18H24BrN3OS+2. The standard InChI is InChI=1S/C18H22BrN3OS/c1-14(18(23)20-15-5-3-2-4-6-15)22-11-9-21(10-12-22)13-16-7-8-17(19)24-16/h2-8,14H,9-13H2,1H3,(H,20,23)/p+2/t14-/m0/s1. The molecule has 1 aromatic carbocycles. The maximum Gasteiger partial charge on any atom is 0.282 e. The molecule has 24 heavy (non-hydrogen) atoms. The Morgan fingerprint density at radius 2 is 1.88 bits per heavy atom. The minimum Gasteiger partial charge on any atom is -0.321 e. The van der Waals surface area contributed by atoms with Gasteiger partial charge < -0.3 is 15.1 Å². The molecule has 0 unspecified atom stereocenters. The van der Waals surface area contributed by atoms with Gasteiger partial charge in [-0.15, -0.1) is 11.3 Å². The molecule has 4 nitrogen and oxygen atoms in total. The van der Waals surface area contributed by atoms with Crippen molar-refractivity contribution in [3.05, 3.63) is 51.1 Å². The highest BCUT2D eigenvalue weighted by Crippen LogP contribution is 2.21. The zero-order chi connectivity index (χ0) is 16.9. The lowest BCUT2D eigenvalue weighted by atomic mass is 10.2. The van der Waals surface area contributed by atoms with E-state index in [1.807, 2.05) is 48.6 Å². The molecule has 6 heteroatoms. The highest BCUT2D eigenvalue weighted by atomic mass is 79.9. The fraction of sp³-hybridized carbons (Fsp3) is 0.389. The quantitative estimate of drug-likeness (QED) is 0.671. The van der Waals surface area contributed by atoms with Crippen LogP contribution in [0.25, 0.3) is 0 Å².